The molecule has 1 aromatic heterocycles. The fraction of sp³-hybridized carbons (Fsp3) is 0.647. The third-order valence-corrected chi connectivity index (χ3v) is 4.21. The highest BCUT2D eigenvalue weighted by Crippen LogP contribution is 2.08. The zero-order valence-corrected chi connectivity index (χ0v) is 13.4. The van der Waals surface area contributed by atoms with Gasteiger partial charge in [-0.2, -0.15) is 0 Å². The van der Waals surface area contributed by atoms with Crippen LogP contribution in [0.25, 0.3) is 0 Å². The summed E-state index contributed by atoms with van der Waals surface area (Å²) in [5.74, 6) is 0.242. The zero-order chi connectivity index (χ0) is 15.8. The molecular formula is C17H27N3O2. The summed E-state index contributed by atoms with van der Waals surface area (Å²) in [6.45, 7) is 5.99. The Balaban J connectivity index is 1.65. The molecule has 1 amide bonds. The molecule has 0 saturated carbocycles. The Labute approximate surface area is 132 Å². The quantitative estimate of drug-likeness (QED) is 0.825. The number of nitrogens with zero attached hydrogens (tertiary/aromatic N) is 3. The minimum atomic E-state index is -0.249. The molecule has 0 radical (unpaired) electrons. The van der Waals surface area contributed by atoms with Gasteiger partial charge < -0.3 is 10.0 Å². The van der Waals surface area contributed by atoms with Crippen LogP contribution in [-0.2, 0) is 11.2 Å². The van der Waals surface area contributed by atoms with Crippen LogP contribution in [0.15, 0.2) is 24.4 Å². The average Bonchev–Trinajstić information content (AvgIpc) is 2.56. The Morgan fingerprint density at radius 2 is 2.09 bits per heavy atom. The van der Waals surface area contributed by atoms with Gasteiger partial charge in [-0.3, -0.25) is 14.7 Å². The fourth-order valence-electron chi connectivity index (χ4n) is 2.73. The van der Waals surface area contributed by atoms with E-state index in [1.807, 2.05) is 30.0 Å². The summed E-state index contributed by atoms with van der Waals surface area (Å²) in [6.07, 6.45) is 4.63. The van der Waals surface area contributed by atoms with E-state index < -0.39 is 0 Å². The van der Waals surface area contributed by atoms with Crippen molar-refractivity contribution in [2.45, 2.75) is 38.7 Å². The molecule has 0 aliphatic carbocycles. The molecule has 0 bridgehead atoms. The van der Waals surface area contributed by atoms with Gasteiger partial charge in [-0.15, -0.1) is 0 Å². The lowest BCUT2D eigenvalue weighted by Crippen LogP contribution is -2.50. The first-order valence-corrected chi connectivity index (χ1v) is 8.27. The number of hydrogen-bond acceptors (Lipinski definition) is 4. The number of carbonyl (C=O) groups excluding carboxylic acids is 1. The van der Waals surface area contributed by atoms with Gasteiger partial charge in [0.25, 0.3) is 0 Å². The van der Waals surface area contributed by atoms with Crippen LogP contribution < -0.4 is 0 Å². The normalized spacial score (nSPS) is 17.5. The van der Waals surface area contributed by atoms with Crippen LogP contribution in [0.2, 0.25) is 0 Å². The molecule has 122 valence electrons. The van der Waals surface area contributed by atoms with Crippen LogP contribution in [0.1, 0.15) is 31.9 Å². The first kappa shape index (κ1) is 16.9. The van der Waals surface area contributed by atoms with Crippen molar-refractivity contribution in [3.05, 3.63) is 30.1 Å². The highest BCUT2D eigenvalue weighted by atomic mass is 16.3. The van der Waals surface area contributed by atoms with Crippen LogP contribution in [0.4, 0.5) is 0 Å². The summed E-state index contributed by atoms with van der Waals surface area (Å²) in [7, 11) is 0. The van der Waals surface area contributed by atoms with Gasteiger partial charge in [0.2, 0.25) is 5.91 Å². The maximum atomic E-state index is 12.2. The minimum absolute atomic E-state index is 0.242. The molecule has 1 saturated heterocycles. The summed E-state index contributed by atoms with van der Waals surface area (Å²) >= 11 is 0. The van der Waals surface area contributed by atoms with E-state index in [1.165, 1.54) is 0 Å². The van der Waals surface area contributed by atoms with Gasteiger partial charge in [0, 0.05) is 51.0 Å². The van der Waals surface area contributed by atoms with E-state index in [0.717, 1.165) is 57.7 Å². The molecule has 1 atom stereocenters. The van der Waals surface area contributed by atoms with E-state index >= 15 is 0 Å². The van der Waals surface area contributed by atoms with Crippen LogP contribution in [-0.4, -0.2) is 64.6 Å². The number of piperazine rings is 1. The maximum Gasteiger partial charge on any atom is 0.222 e. The Morgan fingerprint density at radius 3 is 2.73 bits per heavy atom. The number of aliphatic hydroxyl groups is 1. The minimum Gasteiger partial charge on any atom is -0.392 e. The molecule has 1 N–H and O–H groups in total. The molecule has 2 heterocycles. The standard InChI is InChI=1S/C17H27N3O2/c1-2-16(21)14-19-10-12-20(13-11-19)17(22)8-5-7-15-6-3-4-9-18-15/h3-4,6,9,16,21H,2,5,7-8,10-14H2,1H3. The van der Waals surface area contributed by atoms with Gasteiger partial charge in [0.15, 0.2) is 0 Å². The molecule has 1 unspecified atom stereocenters. The number of aliphatic hydroxyl groups excluding tert-OH is 1. The van der Waals surface area contributed by atoms with Crippen LogP contribution in [0, 0.1) is 0 Å². The smallest absolute Gasteiger partial charge is 0.222 e. The Bertz CT molecular complexity index is 444. The Morgan fingerprint density at radius 1 is 1.32 bits per heavy atom. The number of aromatic nitrogens is 1. The van der Waals surface area contributed by atoms with Crippen molar-refractivity contribution in [3.63, 3.8) is 0 Å². The van der Waals surface area contributed by atoms with Crippen LogP contribution in [0.5, 0.6) is 0 Å². The second kappa shape index (κ2) is 8.86. The summed E-state index contributed by atoms with van der Waals surface area (Å²) < 4.78 is 0. The number of rotatable bonds is 7. The van der Waals surface area contributed by atoms with E-state index in [0.29, 0.717) is 6.42 Å². The summed E-state index contributed by atoms with van der Waals surface area (Å²) in [4.78, 5) is 20.7. The molecule has 5 nitrogen and oxygen atoms in total. The SMILES string of the molecule is CCC(O)CN1CCN(C(=O)CCCc2ccccn2)CC1. The molecular weight excluding hydrogens is 278 g/mol. The van der Waals surface area contributed by atoms with E-state index in [4.69, 9.17) is 0 Å². The lowest BCUT2D eigenvalue weighted by atomic mass is 10.1. The summed E-state index contributed by atoms with van der Waals surface area (Å²) in [5.41, 5.74) is 1.05. The predicted octanol–water partition coefficient (Wildman–Crippen LogP) is 1.32. The lowest BCUT2D eigenvalue weighted by Gasteiger charge is -2.35. The lowest BCUT2D eigenvalue weighted by molar-refractivity contribution is -0.133. The number of carbonyl (C=O) groups is 1. The Kier molecular flexibility index (Phi) is 6.80. The third kappa shape index (κ3) is 5.39. The largest absolute Gasteiger partial charge is 0.392 e. The van der Waals surface area contributed by atoms with E-state index in [9.17, 15) is 9.90 Å². The van der Waals surface area contributed by atoms with Crippen molar-refractivity contribution in [2.75, 3.05) is 32.7 Å². The number of hydrogen-bond donors (Lipinski definition) is 1. The average molecular weight is 305 g/mol. The van der Waals surface area contributed by atoms with Crippen molar-refractivity contribution in [3.8, 4) is 0 Å². The highest BCUT2D eigenvalue weighted by molar-refractivity contribution is 5.76. The molecule has 5 heteroatoms. The molecule has 1 aliphatic heterocycles. The second-order valence-electron chi connectivity index (χ2n) is 5.92. The van der Waals surface area contributed by atoms with Gasteiger partial charge in [0.05, 0.1) is 6.10 Å². The molecule has 1 fully saturated rings. The second-order valence-corrected chi connectivity index (χ2v) is 5.92. The molecule has 22 heavy (non-hydrogen) atoms. The van der Waals surface area contributed by atoms with E-state index in [2.05, 4.69) is 9.88 Å². The van der Waals surface area contributed by atoms with E-state index in [-0.39, 0.29) is 12.0 Å². The fourth-order valence-corrected chi connectivity index (χ4v) is 2.73. The monoisotopic (exact) mass is 305 g/mol. The molecule has 2 rings (SSSR count). The van der Waals surface area contributed by atoms with Gasteiger partial charge >= 0.3 is 0 Å². The summed E-state index contributed by atoms with van der Waals surface area (Å²) in [5, 5.41) is 9.68. The van der Waals surface area contributed by atoms with Crippen molar-refractivity contribution in [1.29, 1.82) is 0 Å². The first-order valence-electron chi connectivity index (χ1n) is 8.27. The molecule has 1 aliphatic rings. The molecule has 0 spiro atoms. The Hall–Kier alpha value is -1.46. The number of amides is 1. The summed E-state index contributed by atoms with van der Waals surface area (Å²) in [6, 6.07) is 5.89. The van der Waals surface area contributed by atoms with Crippen LogP contribution >= 0.6 is 0 Å². The van der Waals surface area contributed by atoms with Gasteiger partial charge in [-0.1, -0.05) is 13.0 Å². The zero-order valence-electron chi connectivity index (χ0n) is 13.4. The van der Waals surface area contributed by atoms with Crippen molar-refractivity contribution in [1.82, 2.24) is 14.8 Å². The van der Waals surface area contributed by atoms with Crippen molar-refractivity contribution >= 4 is 5.91 Å². The van der Waals surface area contributed by atoms with Gasteiger partial charge in [-0.05, 0) is 31.4 Å². The number of aryl methyl sites for hydroxylation is 1. The highest BCUT2D eigenvalue weighted by Gasteiger charge is 2.21. The number of β-amino-alcohol motifs (C(OH)–C–C–N with tert-alkyl or cyclic N) is 1. The third-order valence-electron chi connectivity index (χ3n) is 4.21. The molecule has 1 aromatic rings. The van der Waals surface area contributed by atoms with Crippen LogP contribution in [0.3, 0.4) is 0 Å². The first-order chi connectivity index (χ1) is 10.7. The van der Waals surface area contributed by atoms with Crippen molar-refractivity contribution < 1.29 is 9.90 Å². The van der Waals surface area contributed by atoms with Gasteiger partial charge in [-0.25, -0.2) is 0 Å². The topological polar surface area (TPSA) is 56.7 Å². The molecule has 0 aromatic carbocycles. The van der Waals surface area contributed by atoms with Crippen molar-refractivity contribution in [2.24, 2.45) is 0 Å². The van der Waals surface area contributed by atoms with E-state index in [1.54, 1.807) is 6.20 Å². The predicted molar refractivity (Wildman–Crippen MR) is 86.5 cm³/mol. The van der Waals surface area contributed by atoms with Gasteiger partial charge in [0.1, 0.15) is 0 Å². The maximum absolute atomic E-state index is 12.2. The number of pyridine rings is 1.